The van der Waals surface area contributed by atoms with Crippen molar-refractivity contribution in [2.75, 3.05) is 33.4 Å². The van der Waals surface area contributed by atoms with E-state index in [9.17, 15) is 14.7 Å². The molecular formula is C15H26N2O4. The summed E-state index contributed by atoms with van der Waals surface area (Å²) >= 11 is 0. The molecule has 6 heteroatoms. The van der Waals surface area contributed by atoms with E-state index in [0.29, 0.717) is 38.3 Å². The number of likely N-dealkylation sites (tertiary alicyclic amines) is 1. The Kier molecular flexibility index (Phi) is 5.22. The maximum atomic E-state index is 13.0. The molecule has 6 nitrogen and oxygen atoms in total. The summed E-state index contributed by atoms with van der Waals surface area (Å²) in [6.07, 6.45) is 2.83. The van der Waals surface area contributed by atoms with Crippen LogP contribution in [0.25, 0.3) is 0 Å². The summed E-state index contributed by atoms with van der Waals surface area (Å²) < 4.78 is 5.29. The number of nitrogens with zero attached hydrogens (tertiary/aromatic N) is 1. The van der Waals surface area contributed by atoms with Crippen LogP contribution in [0.3, 0.4) is 0 Å². The summed E-state index contributed by atoms with van der Waals surface area (Å²) in [6, 6.07) is -0.690. The van der Waals surface area contributed by atoms with Gasteiger partial charge in [0.2, 0.25) is 5.91 Å². The first-order valence-electron chi connectivity index (χ1n) is 7.74. The van der Waals surface area contributed by atoms with Crippen LogP contribution in [-0.4, -0.2) is 61.3 Å². The van der Waals surface area contributed by atoms with Crippen LogP contribution in [0.5, 0.6) is 0 Å². The third kappa shape index (κ3) is 3.37. The molecule has 2 aliphatic heterocycles. The van der Waals surface area contributed by atoms with Crippen molar-refractivity contribution in [3.05, 3.63) is 0 Å². The number of carbonyl (C=O) groups excluding carboxylic acids is 1. The van der Waals surface area contributed by atoms with Crippen LogP contribution in [0, 0.1) is 11.3 Å². The SMILES string of the molecule is COCC1(C(=O)N2CCC(C)CC2C(=O)O)CCNCC1. The van der Waals surface area contributed by atoms with Gasteiger partial charge < -0.3 is 20.1 Å². The number of ether oxygens (including phenoxy) is 1. The Morgan fingerprint density at radius 2 is 2.05 bits per heavy atom. The minimum absolute atomic E-state index is 0.0369. The average Bonchev–Trinajstić information content (AvgIpc) is 2.47. The van der Waals surface area contributed by atoms with E-state index in [2.05, 4.69) is 5.32 Å². The Bertz CT molecular complexity index is 388. The molecule has 2 rings (SSSR count). The first-order chi connectivity index (χ1) is 10.00. The molecule has 0 radical (unpaired) electrons. The smallest absolute Gasteiger partial charge is 0.326 e. The fourth-order valence-corrected chi connectivity index (χ4v) is 3.52. The van der Waals surface area contributed by atoms with Gasteiger partial charge in [-0.15, -0.1) is 0 Å². The van der Waals surface area contributed by atoms with Crippen molar-refractivity contribution in [2.24, 2.45) is 11.3 Å². The van der Waals surface area contributed by atoms with Gasteiger partial charge in [-0.3, -0.25) is 4.79 Å². The number of rotatable bonds is 4. The second-order valence-electron chi connectivity index (χ2n) is 6.45. The second-order valence-corrected chi connectivity index (χ2v) is 6.45. The molecule has 0 aliphatic carbocycles. The van der Waals surface area contributed by atoms with Gasteiger partial charge in [-0.05, 0) is 44.7 Å². The lowest BCUT2D eigenvalue weighted by Gasteiger charge is -2.44. The lowest BCUT2D eigenvalue weighted by atomic mass is 9.77. The normalized spacial score (nSPS) is 29.1. The topological polar surface area (TPSA) is 78.9 Å². The summed E-state index contributed by atoms with van der Waals surface area (Å²) in [5.41, 5.74) is -0.561. The second kappa shape index (κ2) is 6.75. The Hall–Kier alpha value is -1.14. The quantitative estimate of drug-likeness (QED) is 0.799. The summed E-state index contributed by atoms with van der Waals surface area (Å²) in [6.45, 7) is 4.50. The molecule has 2 aliphatic rings. The Balaban J connectivity index is 2.20. The van der Waals surface area contributed by atoms with Crippen LogP contribution in [-0.2, 0) is 14.3 Å². The number of nitrogens with one attached hydrogen (secondary N) is 1. The number of piperidine rings is 2. The van der Waals surface area contributed by atoms with Gasteiger partial charge in [0.15, 0.2) is 0 Å². The van der Waals surface area contributed by atoms with Crippen LogP contribution in [0.2, 0.25) is 0 Å². The number of carbonyl (C=O) groups is 2. The van der Waals surface area contributed by atoms with E-state index >= 15 is 0 Å². The van der Waals surface area contributed by atoms with Gasteiger partial charge in [-0.25, -0.2) is 4.79 Å². The van der Waals surface area contributed by atoms with Gasteiger partial charge in [0.05, 0.1) is 12.0 Å². The highest BCUT2D eigenvalue weighted by Gasteiger charge is 2.46. The minimum atomic E-state index is -0.892. The van der Waals surface area contributed by atoms with E-state index in [1.807, 2.05) is 6.92 Å². The third-order valence-electron chi connectivity index (χ3n) is 4.85. The number of hydrogen-bond donors (Lipinski definition) is 2. The van der Waals surface area contributed by atoms with Crippen molar-refractivity contribution in [1.29, 1.82) is 0 Å². The highest BCUT2D eigenvalue weighted by atomic mass is 16.5. The van der Waals surface area contributed by atoms with Crippen LogP contribution >= 0.6 is 0 Å². The Morgan fingerprint density at radius 1 is 1.38 bits per heavy atom. The molecule has 21 heavy (non-hydrogen) atoms. The Labute approximate surface area is 125 Å². The van der Waals surface area contributed by atoms with Crippen molar-refractivity contribution in [1.82, 2.24) is 10.2 Å². The van der Waals surface area contributed by atoms with Gasteiger partial charge >= 0.3 is 5.97 Å². The van der Waals surface area contributed by atoms with Crippen molar-refractivity contribution < 1.29 is 19.4 Å². The van der Waals surface area contributed by atoms with Crippen LogP contribution in [0.4, 0.5) is 0 Å². The fraction of sp³-hybridized carbons (Fsp3) is 0.867. The molecule has 1 amide bonds. The number of aliphatic carboxylic acids is 1. The van der Waals surface area contributed by atoms with Crippen molar-refractivity contribution in [3.8, 4) is 0 Å². The number of amides is 1. The average molecular weight is 298 g/mol. The maximum absolute atomic E-state index is 13.0. The van der Waals surface area contributed by atoms with Crippen molar-refractivity contribution in [3.63, 3.8) is 0 Å². The van der Waals surface area contributed by atoms with E-state index in [4.69, 9.17) is 4.74 Å². The number of carboxylic acids is 1. The van der Waals surface area contributed by atoms with E-state index < -0.39 is 17.4 Å². The first kappa shape index (κ1) is 16.2. The molecule has 2 unspecified atom stereocenters. The highest BCUT2D eigenvalue weighted by Crippen LogP contribution is 2.35. The number of hydrogen-bond acceptors (Lipinski definition) is 4. The van der Waals surface area contributed by atoms with Crippen molar-refractivity contribution in [2.45, 2.75) is 38.6 Å². The highest BCUT2D eigenvalue weighted by molar-refractivity contribution is 5.88. The van der Waals surface area contributed by atoms with Crippen LogP contribution < -0.4 is 5.32 Å². The Morgan fingerprint density at radius 3 is 2.62 bits per heavy atom. The molecule has 0 bridgehead atoms. The summed E-state index contributed by atoms with van der Waals surface area (Å²) in [5, 5.41) is 12.7. The summed E-state index contributed by atoms with van der Waals surface area (Å²) in [5.74, 6) is -0.580. The van der Waals surface area contributed by atoms with Gasteiger partial charge in [0, 0.05) is 13.7 Å². The van der Waals surface area contributed by atoms with Gasteiger partial charge in [0.1, 0.15) is 6.04 Å². The van der Waals surface area contributed by atoms with Crippen LogP contribution in [0.15, 0.2) is 0 Å². The molecule has 0 aromatic rings. The summed E-state index contributed by atoms with van der Waals surface area (Å²) in [7, 11) is 1.60. The van der Waals surface area contributed by atoms with Gasteiger partial charge in [0.25, 0.3) is 0 Å². The largest absolute Gasteiger partial charge is 0.480 e. The maximum Gasteiger partial charge on any atom is 0.326 e. The molecule has 0 aromatic carbocycles. The molecule has 120 valence electrons. The molecule has 2 saturated heterocycles. The zero-order valence-corrected chi connectivity index (χ0v) is 12.9. The lowest BCUT2D eigenvalue weighted by Crippen LogP contribution is -2.58. The summed E-state index contributed by atoms with van der Waals surface area (Å²) in [4.78, 5) is 26.2. The van der Waals surface area contributed by atoms with E-state index in [1.54, 1.807) is 12.0 Å². The van der Waals surface area contributed by atoms with Crippen molar-refractivity contribution >= 4 is 11.9 Å². The van der Waals surface area contributed by atoms with E-state index in [-0.39, 0.29) is 5.91 Å². The lowest BCUT2D eigenvalue weighted by molar-refractivity contribution is -0.161. The van der Waals surface area contributed by atoms with E-state index in [1.165, 1.54) is 0 Å². The number of methoxy groups -OCH3 is 1. The monoisotopic (exact) mass is 298 g/mol. The first-order valence-corrected chi connectivity index (χ1v) is 7.74. The van der Waals surface area contributed by atoms with E-state index in [0.717, 1.165) is 19.5 Å². The molecule has 2 heterocycles. The molecule has 2 N–H and O–H groups in total. The molecule has 0 saturated carbocycles. The fourth-order valence-electron chi connectivity index (χ4n) is 3.52. The predicted octanol–water partition coefficient (Wildman–Crippen LogP) is 0.714. The molecule has 2 atom stereocenters. The number of carboxylic acid groups (broad SMARTS) is 1. The molecular weight excluding hydrogens is 272 g/mol. The van der Waals surface area contributed by atoms with Gasteiger partial charge in [-0.1, -0.05) is 6.92 Å². The molecule has 0 aromatic heterocycles. The molecule has 0 spiro atoms. The van der Waals surface area contributed by atoms with Gasteiger partial charge in [-0.2, -0.15) is 0 Å². The van der Waals surface area contributed by atoms with Crippen LogP contribution in [0.1, 0.15) is 32.6 Å². The minimum Gasteiger partial charge on any atom is -0.480 e. The standard InChI is InChI=1S/C15H26N2O4/c1-11-3-8-17(12(9-11)13(18)19)14(20)15(10-21-2)4-6-16-7-5-15/h11-12,16H,3-10H2,1-2H3,(H,18,19). The zero-order valence-electron chi connectivity index (χ0n) is 12.9. The predicted molar refractivity (Wildman–Crippen MR) is 77.9 cm³/mol. The third-order valence-corrected chi connectivity index (χ3v) is 4.85. The molecule has 2 fully saturated rings. The zero-order chi connectivity index (χ0) is 15.5.